The van der Waals surface area contributed by atoms with Crippen molar-refractivity contribution in [1.29, 1.82) is 0 Å². The van der Waals surface area contributed by atoms with E-state index in [1.165, 1.54) is 24.1 Å². The molecular weight excluding hydrogens is 136 g/mol. The van der Waals surface area contributed by atoms with Gasteiger partial charge in [-0.3, -0.25) is 0 Å². The number of hydrogen-bond donors (Lipinski definition) is 1. The molecule has 0 aromatic heterocycles. The smallest absolute Gasteiger partial charge is 0.0372 e. The van der Waals surface area contributed by atoms with Crippen LogP contribution in [0.4, 0.5) is 5.69 Å². The van der Waals surface area contributed by atoms with Crippen molar-refractivity contribution in [1.82, 2.24) is 6.15 Å². The summed E-state index contributed by atoms with van der Waals surface area (Å²) in [6, 6.07) is 8.53. The zero-order valence-electron chi connectivity index (χ0n) is 6.38. The second-order valence-electron chi connectivity index (χ2n) is 2.69. The molecule has 0 spiro atoms. The van der Waals surface area contributed by atoms with Gasteiger partial charge in [-0.1, -0.05) is 18.2 Å². The number of nitrogens with zero attached hydrogens (tertiary/aromatic N) is 1. The first-order valence-corrected chi connectivity index (χ1v) is 3.78. The first-order valence-electron chi connectivity index (χ1n) is 3.78. The number of hydrogen-bond acceptors (Lipinski definition) is 1. The summed E-state index contributed by atoms with van der Waals surface area (Å²) in [7, 11) is 0. The normalized spacial score (nSPS) is 14.2. The Kier molecular flexibility index (Phi) is 2.49. The van der Waals surface area contributed by atoms with Gasteiger partial charge in [0.2, 0.25) is 0 Å². The van der Waals surface area contributed by atoms with E-state index < -0.39 is 0 Å². The van der Waals surface area contributed by atoms with Crippen LogP contribution < -0.4 is 11.5 Å². The third-order valence-corrected chi connectivity index (χ3v) is 1.96. The van der Waals surface area contributed by atoms with Crippen LogP contribution in [0.3, 0.4) is 0 Å². The number of fused-ring (bicyclic) bond motifs is 1. The summed E-state index contributed by atoms with van der Waals surface area (Å²) < 4.78 is 0. The molecule has 2 heteroatoms. The van der Waals surface area contributed by atoms with Crippen LogP contribution >= 0.6 is 0 Å². The first-order chi connectivity index (χ1) is 4.97. The van der Waals surface area contributed by atoms with Crippen LogP contribution in [0.2, 0.25) is 0 Å². The van der Waals surface area contributed by atoms with Crippen LogP contribution in [0.5, 0.6) is 0 Å². The van der Waals surface area contributed by atoms with E-state index in [2.05, 4.69) is 29.6 Å². The van der Waals surface area contributed by atoms with Crippen molar-refractivity contribution in [2.45, 2.75) is 12.8 Å². The average molecular weight is 147 g/mol. The van der Waals surface area contributed by atoms with Gasteiger partial charge >= 0.3 is 0 Å². The van der Waals surface area contributed by atoms with E-state index in [0.29, 0.717) is 0 Å². The van der Waals surface area contributed by atoms with E-state index >= 15 is 0 Å². The van der Waals surface area contributed by atoms with Gasteiger partial charge in [0.05, 0.1) is 0 Å². The maximum atomic E-state index is 3.36. The van der Waals surface area contributed by atoms with Crippen LogP contribution in [0.25, 0.3) is 0 Å². The zero-order chi connectivity index (χ0) is 6.81. The van der Waals surface area contributed by atoms with Gasteiger partial charge in [0.15, 0.2) is 0 Å². The van der Waals surface area contributed by atoms with Gasteiger partial charge in [-0.15, -0.1) is 0 Å². The largest absolute Gasteiger partial charge is 0.385 e. The molecular formula is C9H11N2. The van der Waals surface area contributed by atoms with Gasteiger partial charge < -0.3 is 5.32 Å². The summed E-state index contributed by atoms with van der Waals surface area (Å²) in [5.74, 6) is 0. The van der Waals surface area contributed by atoms with Crippen LogP contribution in [-0.4, -0.2) is 6.54 Å². The average Bonchev–Trinajstić information content (AvgIpc) is 2.05. The molecule has 0 amide bonds. The van der Waals surface area contributed by atoms with Gasteiger partial charge in [-0.05, 0) is 24.5 Å². The molecule has 0 aliphatic carbocycles. The van der Waals surface area contributed by atoms with E-state index in [-0.39, 0.29) is 6.15 Å². The second-order valence-corrected chi connectivity index (χ2v) is 2.69. The Bertz CT molecular complexity index is 208. The predicted molar refractivity (Wildman–Crippen MR) is 45.4 cm³/mol. The minimum atomic E-state index is 0. The molecule has 0 saturated heterocycles. The summed E-state index contributed by atoms with van der Waals surface area (Å²) in [5.41, 5.74) is 2.79. The highest BCUT2D eigenvalue weighted by molar-refractivity contribution is 5.52. The molecule has 57 valence electrons. The van der Waals surface area contributed by atoms with Crippen LogP contribution in [0.15, 0.2) is 24.3 Å². The Labute approximate surface area is 67.2 Å². The molecule has 1 aliphatic heterocycles. The SMILES string of the molecule is [N].c1ccc2c(c1)CCCN2. The predicted octanol–water partition coefficient (Wildman–Crippen LogP) is 1.56. The summed E-state index contributed by atoms with van der Waals surface area (Å²) in [6.07, 6.45) is 2.51. The van der Waals surface area contributed by atoms with E-state index in [4.69, 9.17) is 0 Å². The molecule has 0 saturated carbocycles. The Morgan fingerprint density at radius 3 is 2.82 bits per heavy atom. The molecule has 1 aliphatic rings. The van der Waals surface area contributed by atoms with Crippen molar-refractivity contribution in [2.75, 3.05) is 11.9 Å². The lowest BCUT2D eigenvalue weighted by atomic mass is 10.0. The molecule has 3 radical (unpaired) electrons. The first kappa shape index (κ1) is 8.08. The standard InChI is InChI=1S/C9H11N.N/c1-2-6-9-8(4-1)5-3-7-10-9;/h1-2,4,6,10H,3,5,7H2;. The lowest BCUT2D eigenvalue weighted by Crippen LogP contribution is -2.10. The summed E-state index contributed by atoms with van der Waals surface area (Å²) in [4.78, 5) is 0. The van der Waals surface area contributed by atoms with Gasteiger partial charge in [0, 0.05) is 18.4 Å². The molecule has 1 heterocycles. The number of rotatable bonds is 0. The lowest BCUT2D eigenvalue weighted by molar-refractivity contribution is 0.830. The molecule has 2 rings (SSSR count). The Morgan fingerprint density at radius 2 is 2.00 bits per heavy atom. The molecule has 1 N–H and O–H groups in total. The second kappa shape index (κ2) is 3.39. The fraction of sp³-hybridized carbons (Fsp3) is 0.333. The maximum Gasteiger partial charge on any atom is 0.0372 e. The summed E-state index contributed by atoms with van der Waals surface area (Å²) in [5, 5.41) is 3.36. The molecule has 0 unspecified atom stereocenters. The van der Waals surface area contributed by atoms with Gasteiger partial charge in [-0.2, -0.15) is 0 Å². The van der Waals surface area contributed by atoms with Crippen molar-refractivity contribution >= 4 is 5.69 Å². The molecule has 0 fully saturated rings. The fourth-order valence-electron chi connectivity index (χ4n) is 1.41. The summed E-state index contributed by atoms with van der Waals surface area (Å²) >= 11 is 0. The number of benzene rings is 1. The Balaban J connectivity index is 0.000000605. The fourth-order valence-corrected chi connectivity index (χ4v) is 1.41. The highest BCUT2D eigenvalue weighted by atomic mass is 14.9. The Morgan fingerprint density at radius 1 is 1.18 bits per heavy atom. The van der Waals surface area contributed by atoms with Crippen LogP contribution in [-0.2, 0) is 6.42 Å². The van der Waals surface area contributed by atoms with Crippen LogP contribution in [0, 0.1) is 0 Å². The zero-order valence-corrected chi connectivity index (χ0v) is 6.38. The molecule has 1 aromatic rings. The molecule has 1 aromatic carbocycles. The van der Waals surface area contributed by atoms with Crippen molar-refractivity contribution in [3.63, 3.8) is 0 Å². The van der Waals surface area contributed by atoms with Crippen molar-refractivity contribution in [2.24, 2.45) is 0 Å². The number of para-hydroxylation sites is 1. The highest BCUT2D eigenvalue weighted by Crippen LogP contribution is 2.19. The highest BCUT2D eigenvalue weighted by Gasteiger charge is 2.04. The monoisotopic (exact) mass is 147 g/mol. The molecule has 0 atom stereocenters. The van der Waals surface area contributed by atoms with E-state index in [1.807, 2.05) is 0 Å². The third kappa shape index (κ3) is 1.52. The Hall–Kier alpha value is -1.02. The van der Waals surface area contributed by atoms with E-state index in [1.54, 1.807) is 0 Å². The van der Waals surface area contributed by atoms with Crippen molar-refractivity contribution in [3.8, 4) is 0 Å². The van der Waals surface area contributed by atoms with Crippen LogP contribution in [0.1, 0.15) is 12.0 Å². The minimum Gasteiger partial charge on any atom is -0.385 e. The van der Waals surface area contributed by atoms with E-state index in [0.717, 1.165) is 6.54 Å². The maximum absolute atomic E-state index is 3.36. The number of nitrogens with one attached hydrogen (secondary N) is 1. The molecule has 2 nitrogen and oxygen atoms in total. The van der Waals surface area contributed by atoms with Crippen molar-refractivity contribution < 1.29 is 0 Å². The number of aryl methyl sites for hydroxylation is 1. The molecule has 11 heavy (non-hydrogen) atoms. The van der Waals surface area contributed by atoms with Gasteiger partial charge in [-0.25, -0.2) is 0 Å². The summed E-state index contributed by atoms with van der Waals surface area (Å²) in [6.45, 7) is 1.14. The minimum absolute atomic E-state index is 0. The lowest BCUT2D eigenvalue weighted by Gasteiger charge is -2.16. The number of anilines is 1. The third-order valence-electron chi connectivity index (χ3n) is 1.96. The topological polar surface area (TPSA) is 42.5 Å². The molecule has 0 bridgehead atoms. The van der Waals surface area contributed by atoms with Gasteiger partial charge in [0.1, 0.15) is 0 Å². The van der Waals surface area contributed by atoms with Gasteiger partial charge in [0.25, 0.3) is 0 Å². The van der Waals surface area contributed by atoms with Crippen molar-refractivity contribution in [3.05, 3.63) is 29.8 Å². The quantitative estimate of drug-likeness (QED) is 0.594. The van der Waals surface area contributed by atoms with E-state index in [9.17, 15) is 0 Å².